The van der Waals surface area contributed by atoms with Crippen LogP contribution in [0.4, 0.5) is 5.69 Å². The van der Waals surface area contributed by atoms with E-state index in [9.17, 15) is 24.0 Å². The number of amides is 3. The predicted octanol–water partition coefficient (Wildman–Crippen LogP) is -2.18. The van der Waals surface area contributed by atoms with Crippen LogP contribution in [0.25, 0.3) is 0 Å². The average molecular weight is 514 g/mol. The van der Waals surface area contributed by atoms with Crippen LogP contribution in [0.1, 0.15) is 23.2 Å². The van der Waals surface area contributed by atoms with Crippen molar-refractivity contribution in [3.63, 3.8) is 0 Å². The predicted molar refractivity (Wildman–Crippen MR) is 124 cm³/mol. The molecule has 35 heavy (non-hydrogen) atoms. The minimum absolute atomic E-state index is 0. The molecule has 3 atom stereocenters. The average Bonchev–Trinajstić information content (AvgIpc) is 2.79. The number of aliphatic imine (C=N–C) groups is 2. The number of carboxylic acid groups (broad SMARTS) is 2. The molecule has 1 aromatic carbocycles. The van der Waals surface area contributed by atoms with Crippen molar-refractivity contribution in [3.05, 3.63) is 29.8 Å². The molecule has 0 saturated carbocycles. The number of carbonyl (C=O) groups excluding carboxylic acids is 3. The second-order valence-corrected chi connectivity index (χ2v) is 7.55. The van der Waals surface area contributed by atoms with E-state index >= 15 is 0 Å². The topological polar surface area (TPSA) is 216 Å². The Balaban J connectivity index is 0.00000432. The fourth-order valence-corrected chi connectivity index (χ4v) is 3.48. The monoisotopic (exact) mass is 513 g/mol. The maximum absolute atomic E-state index is 12.3. The number of nitrogens with zero attached hydrogens (tertiary/aromatic N) is 3. The normalized spacial score (nSPS) is 19.5. The summed E-state index contributed by atoms with van der Waals surface area (Å²) >= 11 is 0. The van der Waals surface area contributed by atoms with Crippen molar-refractivity contribution in [3.8, 4) is 0 Å². The molecule has 14 nitrogen and oxygen atoms in total. The number of nitrogens with two attached hydrogens (primary N) is 1. The smallest absolute Gasteiger partial charge is 0.326 e. The van der Waals surface area contributed by atoms with Gasteiger partial charge in [0.15, 0.2) is 11.9 Å². The van der Waals surface area contributed by atoms with Gasteiger partial charge in [-0.15, -0.1) is 0 Å². The molecule has 3 rings (SSSR count). The standard InChI is InChI=1S/C20H23N7O7.Ca/c21-20-25-16-15(18(32)26-20)27(9-28)12(8-23-16)7-22-11-3-1-10(2-4-11)17(31)24-13(19(33)34)5-6-14(29)30;/h1-4,9,12-13,15,22H,5-8H2,(H,24,31)(H,29,30)(H,33,34)(H3,21,23,25,26,32);/t12-,13+,15?;/m1./s1. The van der Waals surface area contributed by atoms with Crippen LogP contribution in [0, 0.1) is 0 Å². The zero-order valence-corrected chi connectivity index (χ0v) is 20.7. The summed E-state index contributed by atoms with van der Waals surface area (Å²) in [5.41, 5.74) is 6.32. The minimum atomic E-state index is -1.33. The number of benzene rings is 1. The van der Waals surface area contributed by atoms with E-state index < -0.39 is 48.3 Å². The van der Waals surface area contributed by atoms with Gasteiger partial charge < -0.3 is 31.5 Å². The Hall–Kier alpha value is -3.23. The molecule has 2 heterocycles. The van der Waals surface area contributed by atoms with Crippen LogP contribution in [-0.4, -0.2) is 126 Å². The third-order valence-electron chi connectivity index (χ3n) is 5.22. The zero-order valence-electron chi connectivity index (χ0n) is 18.5. The van der Waals surface area contributed by atoms with Gasteiger partial charge in [0.1, 0.15) is 6.04 Å². The maximum Gasteiger partial charge on any atom is 0.326 e. The molecule has 0 aromatic heterocycles. The van der Waals surface area contributed by atoms with Crippen molar-refractivity contribution in [1.82, 2.24) is 15.5 Å². The van der Waals surface area contributed by atoms with Gasteiger partial charge in [-0.05, 0) is 30.7 Å². The molecule has 2 aliphatic heterocycles. The first-order valence-electron chi connectivity index (χ1n) is 10.2. The summed E-state index contributed by atoms with van der Waals surface area (Å²) in [6.45, 7) is 0.454. The quantitative estimate of drug-likeness (QED) is 0.148. The molecule has 182 valence electrons. The third kappa shape index (κ3) is 7.13. The number of amidine groups is 1. The Morgan fingerprint density at radius 3 is 2.54 bits per heavy atom. The first-order chi connectivity index (χ1) is 16.2. The number of fused-ring (bicyclic) bond motifs is 1. The summed E-state index contributed by atoms with van der Waals surface area (Å²) in [5, 5.41) is 25.7. The minimum Gasteiger partial charge on any atom is -0.481 e. The summed E-state index contributed by atoms with van der Waals surface area (Å²) < 4.78 is 0. The number of aliphatic carboxylic acids is 2. The fourth-order valence-electron chi connectivity index (χ4n) is 3.48. The van der Waals surface area contributed by atoms with E-state index in [1.807, 2.05) is 0 Å². The van der Waals surface area contributed by atoms with Crippen LogP contribution in [0.5, 0.6) is 0 Å². The molecule has 1 aromatic rings. The SMILES string of the molecule is NC1=NC2=NC[C@@H](CNc3ccc(C(=O)N[C@@H](CCC(=O)O)C(=O)O)cc3)N(C=O)C2C(=O)N1.[Ca]. The van der Waals surface area contributed by atoms with Crippen molar-refractivity contribution < 1.29 is 34.2 Å². The van der Waals surface area contributed by atoms with E-state index in [2.05, 4.69) is 25.9 Å². The van der Waals surface area contributed by atoms with Crippen molar-refractivity contribution in [2.75, 3.05) is 18.4 Å². The molecule has 1 unspecified atom stereocenters. The van der Waals surface area contributed by atoms with Gasteiger partial charge >= 0.3 is 11.9 Å². The number of hydrogen-bond donors (Lipinski definition) is 6. The Kier molecular flexibility index (Phi) is 9.98. The number of anilines is 1. The second kappa shape index (κ2) is 12.5. The Morgan fingerprint density at radius 1 is 1.26 bits per heavy atom. The van der Waals surface area contributed by atoms with Gasteiger partial charge in [0.25, 0.3) is 11.8 Å². The van der Waals surface area contributed by atoms with Gasteiger partial charge in [-0.3, -0.25) is 29.5 Å². The molecule has 0 fully saturated rings. The molecule has 0 bridgehead atoms. The van der Waals surface area contributed by atoms with E-state index in [-0.39, 0.29) is 74.6 Å². The number of rotatable bonds is 10. The summed E-state index contributed by atoms with van der Waals surface area (Å²) in [4.78, 5) is 67.7. The van der Waals surface area contributed by atoms with Crippen molar-refractivity contribution in [2.45, 2.75) is 31.0 Å². The van der Waals surface area contributed by atoms with E-state index in [0.29, 0.717) is 12.1 Å². The van der Waals surface area contributed by atoms with Gasteiger partial charge in [0.05, 0.1) is 12.6 Å². The molecule has 2 radical (unpaired) electrons. The van der Waals surface area contributed by atoms with Crippen LogP contribution < -0.4 is 21.7 Å². The Morgan fingerprint density at radius 2 is 1.94 bits per heavy atom. The molecular formula is C20H23CaN7O7. The van der Waals surface area contributed by atoms with Gasteiger partial charge in [-0.1, -0.05) is 0 Å². The zero-order chi connectivity index (χ0) is 24.8. The first kappa shape index (κ1) is 28.0. The number of carbonyl (C=O) groups is 5. The first-order valence-corrected chi connectivity index (χ1v) is 10.2. The summed E-state index contributed by atoms with van der Waals surface area (Å²) in [6, 6.07) is 3.36. The number of nitrogens with one attached hydrogen (secondary N) is 3. The molecule has 2 aliphatic rings. The largest absolute Gasteiger partial charge is 0.481 e. The summed E-state index contributed by atoms with van der Waals surface area (Å²) in [6.07, 6.45) is -0.0857. The maximum atomic E-state index is 12.3. The summed E-state index contributed by atoms with van der Waals surface area (Å²) in [7, 11) is 0. The summed E-state index contributed by atoms with van der Waals surface area (Å²) in [5.74, 6) is -3.56. The molecule has 0 aliphatic carbocycles. The molecule has 7 N–H and O–H groups in total. The van der Waals surface area contributed by atoms with Gasteiger partial charge in [-0.2, -0.15) is 4.99 Å². The fraction of sp³-hybridized carbons (Fsp3) is 0.350. The number of guanidine groups is 1. The van der Waals surface area contributed by atoms with Gasteiger partial charge in [0, 0.05) is 62.0 Å². The molecule has 3 amide bonds. The Bertz CT molecular complexity index is 1060. The van der Waals surface area contributed by atoms with Crippen LogP contribution in [0.15, 0.2) is 34.3 Å². The van der Waals surface area contributed by atoms with E-state index in [1.54, 1.807) is 12.1 Å². The van der Waals surface area contributed by atoms with Gasteiger partial charge in [0.2, 0.25) is 12.4 Å². The molecule has 15 heteroatoms. The van der Waals surface area contributed by atoms with Crippen LogP contribution in [0.2, 0.25) is 0 Å². The van der Waals surface area contributed by atoms with Crippen LogP contribution in [0.3, 0.4) is 0 Å². The van der Waals surface area contributed by atoms with Gasteiger partial charge in [-0.25, -0.2) is 4.79 Å². The van der Waals surface area contributed by atoms with Crippen LogP contribution in [-0.2, 0) is 19.2 Å². The van der Waals surface area contributed by atoms with Crippen molar-refractivity contribution in [2.24, 2.45) is 15.7 Å². The van der Waals surface area contributed by atoms with E-state index in [1.165, 1.54) is 17.0 Å². The third-order valence-corrected chi connectivity index (χ3v) is 5.22. The number of hydrogen-bond acceptors (Lipinski definition) is 9. The molecule has 0 spiro atoms. The van der Waals surface area contributed by atoms with E-state index in [0.717, 1.165) is 0 Å². The number of carboxylic acids is 2. The molecular weight excluding hydrogens is 490 g/mol. The Labute approximate surface area is 229 Å². The van der Waals surface area contributed by atoms with Crippen molar-refractivity contribution >= 4 is 85.4 Å². The molecule has 0 saturated heterocycles. The second-order valence-electron chi connectivity index (χ2n) is 7.55. The van der Waals surface area contributed by atoms with Crippen LogP contribution >= 0.6 is 0 Å². The van der Waals surface area contributed by atoms with E-state index in [4.69, 9.17) is 15.9 Å². The van der Waals surface area contributed by atoms with Crippen molar-refractivity contribution in [1.29, 1.82) is 0 Å².